The van der Waals surface area contributed by atoms with E-state index >= 15 is 0 Å². The second kappa shape index (κ2) is 4.77. The molecule has 0 aliphatic carbocycles. The van der Waals surface area contributed by atoms with E-state index in [1.165, 1.54) is 0 Å². The summed E-state index contributed by atoms with van der Waals surface area (Å²) in [7, 11) is 0. The third-order valence-corrected chi connectivity index (χ3v) is 4.22. The van der Waals surface area contributed by atoms with Gasteiger partial charge >= 0.3 is 0 Å². The second-order valence-corrected chi connectivity index (χ2v) is 5.92. The van der Waals surface area contributed by atoms with E-state index in [0.717, 1.165) is 5.56 Å². The van der Waals surface area contributed by atoms with Gasteiger partial charge in [-0.2, -0.15) is 0 Å². The number of nitrogens with zero attached hydrogens (tertiary/aromatic N) is 1. The Labute approximate surface area is 112 Å². The van der Waals surface area contributed by atoms with Crippen LogP contribution in [-0.2, 0) is 6.54 Å². The van der Waals surface area contributed by atoms with Gasteiger partial charge in [0.15, 0.2) is 0 Å². The molecule has 0 spiro atoms. The second-order valence-electron chi connectivity index (χ2n) is 5.10. The highest BCUT2D eigenvalue weighted by Gasteiger charge is 2.43. The molecular weight excluding hydrogens is 257 g/mol. The molecule has 0 saturated carbocycles. The number of β-amino-alcohol motifs (C(OH)–C–C–N with tert-alkyl or cyclic N) is 1. The predicted octanol–water partition coefficient (Wildman–Crippen LogP) is 3.20. The molecule has 1 heterocycles. The number of aliphatic hydroxyl groups is 1. The van der Waals surface area contributed by atoms with Crippen LogP contribution >= 0.6 is 23.2 Å². The van der Waals surface area contributed by atoms with E-state index < -0.39 is 5.60 Å². The van der Waals surface area contributed by atoms with Crippen LogP contribution in [0.4, 0.5) is 0 Å². The van der Waals surface area contributed by atoms with E-state index in [4.69, 9.17) is 23.2 Å². The standard InChI is InChI=1S/C13H17Cl2NO/c1-9(2)13(17)7-16(8-13)6-10-11(14)4-3-5-12(10)15/h3-5,9,17H,6-8H2,1-2H3. The van der Waals surface area contributed by atoms with Crippen LogP contribution < -0.4 is 0 Å². The fourth-order valence-corrected chi connectivity index (χ4v) is 2.63. The molecule has 1 aromatic carbocycles. The monoisotopic (exact) mass is 273 g/mol. The van der Waals surface area contributed by atoms with Crippen LogP contribution in [0.2, 0.25) is 10.0 Å². The van der Waals surface area contributed by atoms with Gasteiger partial charge in [0.1, 0.15) is 0 Å². The van der Waals surface area contributed by atoms with E-state index in [2.05, 4.69) is 4.90 Å². The minimum absolute atomic E-state index is 0.278. The van der Waals surface area contributed by atoms with Crippen molar-refractivity contribution in [2.45, 2.75) is 26.0 Å². The first kappa shape index (κ1) is 13.2. The smallest absolute Gasteiger partial charge is 0.0923 e. The van der Waals surface area contributed by atoms with Crippen LogP contribution in [0.3, 0.4) is 0 Å². The summed E-state index contributed by atoms with van der Waals surface area (Å²) < 4.78 is 0. The van der Waals surface area contributed by atoms with Crippen molar-refractivity contribution in [3.05, 3.63) is 33.8 Å². The summed E-state index contributed by atoms with van der Waals surface area (Å²) in [6, 6.07) is 5.53. The van der Waals surface area contributed by atoms with Crippen molar-refractivity contribution in [3.8, 4) is 0 Å². The Hall–Kier alpha value is -0.280. The van der Waals surface area contributed by atoms with E-state index in [-0.39, 0.29) is 5.92 Å². The maximum atomic E-state index is 10.2. The van der Waals surface area contributed by atoms with Crippen LogP contribution in [0.15, 0.2) is 18.2 Å². The number of rotatable bonds is 3. The Balaban J connectivity index is 2.01. The molecule has 1 aromatic rings. The third kappa shape index (κ3) is 2.60. The van der Waals surface area contributed by atoms with Crippen molar-refractivity contribution in [3.63, 3.8) is 0 Å². The van der Waals surface area contributed by atoms with E-state index in [0.29, 0.717) is 29.7 Å². The molecule has 0 unspecified atom stereocenters. The number of benzene rings is 1. The average molecular weight is 274 g/mol. The molecule has 0 bridgehead atoms. The summed E-state index contributed by atoms with van der Waals surface area (Å²) in [6.07, 6.45) is 0. The van der Waals surface area contributed by atoms with Gasteiger partial charge in [-0.1, -0.05) is 43.1 Å². The van der Waals surface area contributed by atoms with Gasteiger partial charge < -0.3 is 5.11 Å². The van der Waals surface area contributed by atoms with Crippen molar-refractivity contribution in [1.82, 2.24) is 4.90 Å². The summed E-state index contributed by atoms with van der Waals surface area (Å²) in [5.74, 6) is 0.278. The van der Waals surface area contributed by atoms with Gasteiger partial charge in [0.25, 0.3) is 0 Å². The molecular formula is C13H17Cl2NO. The lowest BCUT2D eigenvalue weighted by molar-refractivity contribution is -0.130. The van der Waals surface area contributed by atoms with Gasteiger partial charge in [-0.05, 0) is 18.1 Å². The summed E-state index contributed by atoms with van der Waals surface area (Å²) in [4.78, 5) is 2.16. The van der Waals surface area contributed by atoms with Crippen LogP contribution in [0, 0.1) is 5.92 Å². The summed E-state index contributed by atoms with van der Waals surface area (Å²) in [5, 5.41) is 11.6. The largest absolute Gasteiger partial charge is 0.387 e. The molecule has 0 aromatic heterocycles. The number of halogens is 2. The molecule has 2 nitrogen and oxygen atoms in total. The molecule has 1 fully saturated rings. The van der Waals surface area contributed by atoms with Gasteiger partial charge in [0.05, 0.1) is 5.60 Å². The topological polar surface area (TPSA) is 23.5 Å². The highest BCUT2D eigenvalue weighted by Crippen LogP contribution is 2.33. The summed E-state index contributed by atoms with van der Waals surface area (Å²) in [6.45, 7) is 6.16. The lowest BCUT2D eigenvalue weighted by Gasteiger charge is -2.49. The Kier molecular flexibility index (Phi) is 3.69. The van der Waals surface area contributed by atoms with Crippen molar-refractivity contribution in [1.29, 1.82) is 0 Å². The molecule has 0 atom stereocenters. The van der Waals surface area contributed by atoms with Crippen molar-refractivity contribution in [2.24, 2.45) is 5.92 Å². The minimum Gasteiger partial charge on any atom is -0.387 e. The highest BCUT2D eigenvalue weighted by atomic mass is 35.5. The fraction of sp³-hybridized carbons (Fsp3) is 0.538. The molecule has 2 rings (SSSR count). The van der Waals surface area contributed by atoms with Crippen LogP contribution in [0.25, 0.3) is 0 Å². The molecule has 94 valence electrons. The van der Waals surface area contributed by atoms with Gasteiger partial charge in [0.2, 0.25) is 0 Å². The zero-order chi connectivity index (χ0) is 12.6. The Morgan fingerprint density at radius 2 is 1.82 bits per heavy atom. The lowest BCUT2D eigenvalue weighted by atomic mass is 9.83. The third-order valence-electron chi connectivity index (χ3n) is 3.51. The zero-order valence-electron chi connectivity index (χ0n) is 10.1. The maximum absolute atomic E-state index is 10.2. The van der Waals surface area contributed by atoms with Gasteiger partial charge in [0, 0.05) is 35.2 Å². The number of hydrogen-bond donors (Lipinski definition) is 1. The van der Waals surface area contributed by atoms with Crippen LogP contribution in [-0.4, -0.2) is 28.7 Å². The number of likely N-dealkylation sites (tertiary alicyclic amines) is 1. The normalized spacial score (nSPS) is 19.4. The van der Waals surface area contributed by atoms with Crippen molar-refractivity contribution >= 4 is 23.2 Å². The zero-order valence-corrected chi connectivity index (χ0v) is 11.6. The van der Waals surface area contributed by atoms with Gasteiger partial charge in [-0.25, -0.2) is 0 Å². The molecule has 1 saturated heterocycles. The molecule has 4 heteroatoms. The van der Waals surface area contributed by atoms with Crippen molar-refractivity contribution < 1.29 is 5.11 Å². The Bertz CT molecular complexity index is 394. The molecule has 1 N–H and O–H groups in total. The predicted molar refractivity (Wildman–Crippen MR) is 71.5 cm³/mol. The molecule has 1 aliphatic heterocycles. The van der Waals surface area contributed by atoms with Gasteiger partial charge in [-0.15, -0.1) is 0 Å². The summed E-state index contributed by atoms with van der Waals surface area (Å²) >= 11 is 12.2. The van der Waals surface area contributed by atoms with Crippen LogP contribution in [0.1, 0.15) is 19.4 Å². The molecule has 17 heavy (non-hydrogen) atoms. The average Bonchev–Trinajstić information content (AvgIpc) is 2.20. The van der Waals surface area contributed by atoms with Crippen LogP contribution in [0.5, 0.6) is 0 Å². The molecule has 1 aliphatic rings. The van der Waals surface area contributed by atoms with E-state index in [1.54, 1.807) is 0 Å². The number of hydrogen-bond acceptors (Lipinski definition) is 2. The first-order valence-corrected chi connectivity index (χ1v) is 6.55. The Morgan fingerprint density at radius 3 is 2.29 bits per heavy atom. The first-order chi connectivity index (χ1) is 7.92. The quantitative estimate of drug-likeness (QED) is 0.915. The van der Waals surface area contributed by atoms with Gasteiger partial charge in [-0.3, -0.25) is 4.90 Å². The highest BCUT2D eigenvalue weighted by molar-refractivity contribution is 6.35. The summed E-state index contributed by atoms with van der Waals surface area (Å²) in [5.41, 5.74) is 0.398. The maximum Gasteiger partial charge on any atom is 0.0923 e. The SMILES string of the molecule is CC(C)C1(O)CN(Cc2c(Cl)cccc2Cl)C1. The molecule has 0 radical (unpaired) electrons. The van der Waals surface area contributed by atoms with E-state index in [9.17, 15) is 5.11 Å². The minimum atomic E-state index is -0.548. The first-order valence-electron chi connectivity index (χ1n) is 5.80. The lowest BCUT2D eigenvalue weighted by Crippen LogP contribution is -2.63. The van der Waals surface area contributed by atoms with Crippen molar-refractivity contribution in [2.75, 3.05) is 13.1 Å². The fourth-order valence-electron chi connectivity index (χ4n) is 2.11. The Morgan fingerprint density at radius 1 is 1.29 bits per heavy atom. The molecule has 0 amide bonds. The van der Waals surface area contributed by atoms with E-state index in [1.807, 2.05) is 32.0 Å².